The Bertz CT molecular complexity index is 798. The lowest BCUT2D eigenvalue weighted by atomic mass is 10.2. The largest absolute Gasteiger partial charge is 0.494 e. The summed E-state index contributed by atoms with van der Waals surface area (Å²) in [5, 5.41) is 3.01. The maximum atomic E-state index is 12.7. The van der Waals surface area contributed by atoms with E-state index in [9.17, 15) is 4.79 Å². The molecule has 6 nitrogen and oxygen atoms in total. The molecule has 1 saturated heterocycles. The van der Waals surface area contributed by atoms with Gasteiger partial charge in [-0.15, -0.1) is 0 Å². The van der Waals surface area contributed by atoms with Gasteiger partial charge in [-0.1, -0.05) is 30.3 Å². The SMILES string of the molecule is CCOc1ccc(OCC)c(NC(=O)CN2CCCN(Cc3ccccc3)CC2)c1. The van der Waals surface area contributed by atoms with E-state index in [1.54, 1.807) is 0 Å². The number of carbonyl (C=O) groups is 1. The van der Waals surface area contributed by atoms with Crippen LogP contribution in [0.5, 0.6) is 11.5 Å². The predicted molar refractivity (Wildman–Crippen MR) is 120 cm³/mol. The van der Waals surface area contributed by atoms with Crippen LogP contribution in [0.15, 0.2) is 48.5 Å². The van der Waals surface area contributed by atoms with E-state index < -0.39 is 0 Å². The van der Waals surface area contributed by atoms with Gasteiger partial charge in [0.1, 0.15) is 11.5 Å². The van der Waals surface area contributed by atoms with Gasteiger partial charge < -0.3 is 14.8 Å². The zero-order valence-corrected chi connectivity index (χ0v) is 18.1. The summed E-state index contributed by atoms with van der Waals surface area (Å²) >= 11 is 0. The minimum Gasteiger partial charge on any atom is -0.494 e. The number of benzene rings is 2. The number of amides is 1. The molecular weight excluding hydrogens is 378 g/mol. The van der Waals surface area contributed by atoms with Crippen molar-refractivity contribution < 1.29 is 14.3 Å². The lowest BCUT2D eigenvalue weighted by molar-refractivity contribution is -0.117. The van der Waals surface area contributed by atoms with Crippen LogP contribution in [-0.2, 0) is 11.3 Å². The number of hydrogen-bond acceptors (Lipinski definition) is 5. The van der Waals surface area contributed by atoms with Crippen molar-refractivity contribution in [2.75, 3.05) is 51.3 Å². The predicted octanol–water partition coefficient (Wildman–Crippen LogP) is 3.63. The van der Waals surface area contributed by atoms with E-state index in [4.69, 9.17) is 9.47 Å². The first kappa shape index (κ1) is 22.1. The molecule has 162 valence electrons. The van der Waals surface area contributed by atoms with Crippen LogP contribution in [0.1, 0.15) is 25.8 Å². The number of ether oxygens (including phenoxy) is 2. The van der Waals surface area contributed by atoms with Crippen LogP contribution in [0, 0.1) is 0 Å². The van der Waals surface area contributed by atoms with Crippen molar-refractivity contribution in [3.8, 4) is 11.5 Å². The standard InChI is InChI=1S/C24H33N3O3/c1-3-29-21-11-12-23(30-4-2)22(17-21)25-24(28)19-27-14-8-13-26(15-16-27)18-20-9-6-5-7-10-20/h5-7,9-12,17H,3-4,8,13-16,18-19H2,1-2H3,(H,25,28). The maximum absolute atomic E-state index is 12.7. The van der Waals surface area contributed by atoms with E-state index in [1.807, 2.05) is 38.1 Å². The molecule has 6 heteroatoms. The summed E-state index contributed by atoms with van der Waals surface area (Å²) in [7, 11) is 0. The smallest absolute Gasteiger partial charge is 0.238 e. The van der Waals surface area contributed by atoms with Crippen LogP contribution in [0.3, 0.4) is 0 Å². The van der Waals surface area contributed by atoms with Gasteiger partial charge in [-0.25, -0.2) is 0 Å². The third-order valence-electron chi connectivity index (χ3n) is 5.13. The van der Waals surface area contributed by atoms with Crippen molar-refractivity contribution in [3.63, 3.8) is 0 Å². The average Bonchev–Trinajstić information content (AvgIpc) is 2.96. The molecule has 1 aliphatic heterocycles. The van der Waals surface area contributed by atoms with Gasteiger partial charge in [-0.3, -0.25) is 14.6 Å². The summed E-state index contributed by atoms with van der Waals surface area (Å²) in [6.45, 7) is 10.2. The first-order chi connectivity index (χ1) is 14.7. The van der Waals surface area contributed by atoms with Crippen molar-refractivity contribution in [1.29, 1.82) is 0 Å². The van der Waals surface area contributed by atoms with E-state index >= 15 is 0 Å². The van der Waals surface area contributed by atoms with Crippen molar-refractivity contribution >= 4 is 11.6 Å². The highest BCUT2D eigenvalue weighted by Crippen LogP contribution is 2.29. The van der Waals surface area contributed by atoms with Gasteiger partial charge in [0, 0.05) is 25.7 Å². The summed E-state index contributed by atoms with van der Waals surface area (Å²) in [4.78, 5) is 17.4. The zero-order chi connectivity index (χ0) is 21.2. The van der Waals surface area contributed by atoms with Gasteiger partial charge in [0.15, 0.2) is 0 Å². The fraction of sp³-hybridized carbons (Fsp3) is 0.458. The Morgan fingerprint density at radius 3 is 2.43 bits per heavy atom. The zero-order valence-electron chi connectivity index (χ0n) is 18.1. The molecular formula is C24H33N3O3. The highest BCUT2D eigenvalue weighted by atomic mass is 16.5. The third kappa shape index (κ3) is 6.75. The lowest BCUT2D eigenvalue weighted by Gasteiger charge is -2.22. The Balaban J connectivity index is 1.54. The van der Waals surface area contributed by atoms with Gasteiger partial charge in [0.2, 0.25) is 5.91 Å². The van der Waals surface area contributed by atoms with Crippen LogP contribution >= 0.6 is 0 Å². The molecule has 1 N–H and O–H groups in total. The van der Waals surface area contributed by atoms with E-state index in [-0.39, 0.29) is 5.91 Å². The van der Waals surface area contributed by atoms with Gasteiger partial charge in [-0.2, -0.15) is 0 Å². The first-order valence-corrected chi connectivity index (χ1v) is 10.9. The fourth-order valence-electron chi connectivity index (χ4n) is 3.72. The normalized spacial score (nSPS) is 15.4. The average molecular weight is 412 g/mol. The molecule has 0 atom stereocenters. The summed E-state index contributed by atoms with van der Waals surface area (Å²) in [5.41, 5.74) is 2.00. The van der Waals surface area contributed by atoms with Gasteiger partial charge in [0.05, 0.1) is 25.4 Å². The molecule has 2 aromatic rings. The third-order valence-corrected chi connectivity index (χ3v) is 5.13. The Hall–Kier alpha value is -2.57. The van der Waals surface area contributed by atoms with Crippen molar-refractivity contribution in [2.45, 2.75) is 26.8 Å². The molecule has 3 rings (SSSR count). The molecule has 1 amide bonds. The number of anilines is 1. The molecule has 30 heavy (non-hydrogen) atoms. The molecule has 0 aromatic heterocycles. The molecule has 1 heterocycles. The Morgan fingerprint density at radius 2 is 1.67 bits per heavy atom. The van der Waals surface area contributed by atoms with Crippen LogP contribution in [0.25, 0.3) is 0 Å². The fourth-order valence-corrected chi connectivity index (χ4v) is 3.72. The Morgan fingerprint density at radius 1 is 0.933 bits per heavy atom. The second kappa shape index (κ2) is 11.6. The van der Waals surface area contributed by atoms with Crippen molar-refractivity contribution in [1.82, 2.24) is 9.80 Å². The topological polar surface area (TPSA) is 54.0 Å². The second-order valence-corrected chi connectivity index (χ2v) is 7.46. The molecule has 0 unspecified atom stereocenters. The molecule has 0 aliphatic carbocycles. The lowest BCUT2D eigenvalue weighted by Crippen LogP contribution is -2.36. The van der Waals surface area contributed by atoms with E-state index in [0.29, 0.717) is 31.2 Å². The number of hydrogen-bond donors (Lipinski definition) is 1. The summed E-state index contributed by atoms with van der Waals surface area (Å²) in [5.74, 6) is 1.36. The minimum absolute atomic E-state index is 0.0267. The number of nitrogens with one attached hydrogen (secondary N) is 1. The Kier molecular flexibility index (Phi) is 8.53. The van der Waals surface area contributed by atoms with Crippen molar-refractivity contribution in [2.24, 2.45) is 0 Å². The second-order valence-electron chi connectivity index (χ2n) is 7.46. The molecule has 0 spiro atoms. The quantitative estimate of drug-likeness (QED) is 0.683. The molecule has 0 bridgehead atoms. The molecule has 1 aliphatic rings. The van der Waals surface area contributed by atoms with E-state index in [1.165, 1.54) is 5.56 Å². The van der Waals surface area contributed by atoms with Crippen LogP contribution < -0.4 is 14.8 Å². The number of nitrogens with zero attached hydrogens (tertiary/aromatic N) is 2. The highest BCUT2D eigenvalue weighted by Gasteiger charge is 2.18. The van der Waals surface area contributed by atoms with E-state index in [0.717, 1.165) is 44.9 Å². The summed E-state index contributed by atoms with van der Waals surface area (Å²) in [6.07, 6.45) is 1.06. The van der Waals surface area contributed by atoms with E-state index in [2.05, 4.69) is 39.4 Å². The summed E-state index contributed by atoms with van der Waals surface area (Å²) in [6, 6.07) is 16.1. The minimum atomic E-state index is -0.0267. The molecule has 1 fully saturated rings. The van der Waals surface area contributed by atoms with Crippen LogP contribution in [-0.4, -0.2) is 61.6 Å². The monoisotopic (exact) mass is 411 g/mol. The molecule has 0 saturated carbocycles. The Labute approximate surface area is 179 Å². The number of rotatable bonds is 9. The number of carbonyl (C=O) groups excluding carboxylic acids is 1. The molecule has 2 aromatic carbocycles. The first-order valence-electron chi connectivity index (χ1n) is 10.9. The highest BCUT2D eigenvalue weighted by molar-refractivity contribution is 5.94. The van der Waals surface area contributed by atoms with Crippen molar-refractivity contribution in [3.05, 3.63) is 54.1 Å². The van der Waals surface area contributed by atoms with Crippen LogP contribution in [0.2, 0.25) is 0 Å². The molecule has 0 radical (unpaired) electrons. The maximum Gasteiger partial charge on any atom is 0.238 e. The summed E-state index contributed by atoms with van der Waals surface area (Å²) < 4.78 is 11.2. The van der Waals surface area contributed by atoms with Gasteiger partial charge in [0.25, 0.3) is 0 Å². The van der Waals surface area contributed by atoms with Crippen LogP contribution in [0.4, 0.5) is 5.69 Å². The van der Waals surface area contributed by atoms with Gasteiger partial charge in [-0.05, 0) is 51.1 Å². The van der Waals surface area contributed by atoms with Gasteiger partial charge >= 0.3 is 0 Å².